The molecule has 0 spiro atoms. The van der Waals surface area contributed by atoms with Crippen LogP contribution in [0.1, 0.15) is 117 Å². The molecule has 10 aromatic rings. The van der Waals surface area contributed by atoms with Crippen LogP contribution >= 0.6 is 11.6 Å². The minimum Gasteiger partial charge on any atom is -0.384 e. The van der Waals surface area contributed by atoms with Crippen LogP contribution in [0.5, 0.6) is 0 Å². The second kappa shape index (κ2) is 43.2. The zero-order chi connectivity index (χ0) is 100. The number of nitrogen functional groups attached to an aromatic ring is 2. The second-order valence-corrected chi connectivity index (χ2v) is 50.6. The summed E-state index contributed by atoms with van der Waals surface area (Å²) in [5.74, 6) is 9.27. The number of allylic oxidation sites excluding steroid dienone is 3. The molecule has 44 heteroatoms. The molecule has 10 aliphatic rings. The van der Waals surface area contributed by atoms with E-state index in [4.69, 9.17) is 71.7 Å². The van der Waals surface area contributed by atoms with Crippen molar-refractivity contribution in [1.29, 1.82) is 5.26 Å². The number of nitriles is 1. The Morgan fingerprint density at radius 2 is 0.638 bits per heavy atom. The summed E-state index contributed by atoms with van der Waals surface area (Å²) in [5, 5.41) is 10.1. The van der Waals surface area contributed by atoms with Crippen LogP contribution in [0.4, 0.5) is 69.8 Å². The molecule has 0 radical (unpaired) electrons. The maximum atomic E-state index is 12.9. The zero-order valence-electron chi connectivity index (χ0n) is 82.3. The van der Waals surface area contributed by atoms with Crippen molar-refractivity contribution < 1.29 is 44.7 Å². The largest absolute Gasteiger partial charge is 0.384 e. The fourth-order valence-electron chi connectivity index (χ4n) is 17.3. The lowest BCUT2D eigenvalue weighted by molar-refractivity contribution is 0.0985. The predicted molar refractivity (Wildman–Crippen MR) is 560 cm³/mol. The SMILES string of the molecule is C[C@@H]1COCCN1c1cc(N=S(C)(C)=O)nc(-c2cc(C#N)nc3c2C=CC3)n1.C[C@@H]1COCCN1c1cc(N=S(C)(C)=O)nc(-c2cc(Cl)nc3c2C=CC3)n1.Cc1cc(-c2nc(N=S(C)(C)=O)cc(N3CCOC[C@H]3C)n2)c2c(n1)CC=C2.Cc1cc(-c2nc(N=[S@@](C)(=O)C3CC3)cc(N3CCOC[C@H]3C)n2)cc(N)n1.Cc1cc(-c2nc(N=[S@](C)(=O)C3CC3)cc(N3CCOC[C@H]3C)n2)cc(N)n1. The average Bonchev–Trinajstić information content (AvgIpc) is 1.75. The summed E-state index contributed by atoms with van der Waals surface area (Å²) in [6.07, 6.45) is 31.3. The molecule has 7 fully saturated rings. The van der Waals surface area contributed by atoms with Crippen LogP contribution in [0.25, 0.3) is 75.2 Å². The lowest BCUT2D eigenvalue weighted by atomic mass is 10.1. The highest BCUT2D eigenvalue weighted by molar-refractivity contribution is 7.94. The highest BCUT2D eigenvalue weighted by atomic mass is 35.5. The number of aromatic nitrogens is 15. The van der Waals surface area contributed by atoms with E-state index in [2.05, 4.69) is 149 Å². The van der Waals surface area contributed by atoms with Crippen LogP contribution in [-0.2, 0) is 91.6 Å². The van der Waals surface area contributed by atoms with Gasteiger partial charge in [-0.1, -0.05) is 48.1 Å². The van der Waals surface area contributed by atoms with E-state index in [1.807, 2.05) is 81.5 Å². The molecule has 746 valence electrons. The Balaban J connectivity index is 0.000000127. The number of halogens is 1. The number of hydrogen-bond donors (Lipinski definition) is 2. The molecule has 5 aliphatic heterocycles. The number of morpholine rings is 5. The maximum Gasteiger partial charge on any atom is 0.167 e. The first-order chi connectivity index (χ1) is 67.1. The number of nitrogens with two attached hydrogens (primary N) is 2. The third-order valence-electron chi connectivity index (χ3n) is 24.2. The number of hydrogen-bond acceptors (Lipinski definition) is 38. The summed E-state index contributed by atoms with van der Waals surface area (Å²) >= 11 is 6.25. The highest BCUT2D eigenvalue weighted by Gasteiger charge is 2.35. The molecule has 5 aliphatic carbocycles. The van der Waals surface area contributed by atoms with E-state index in [0.717, 1.165) is 167 Å². The number of nitrogens with zero attached hydrogens (tertiary/aromatic N) is 26. The summed E-state index contributed by atoms with van der Waals surface area (Å²) in [6.45, 7) is 26.2. The molecule has 0 aromatic carbocycles. The summed E-state index contributed by atoms with van der Waals surface area (Å²) < 4.78 is 113. The van der Waals surface area contributed by atoms with Crippen LogP contribution in [0.3, 0.4) is 0 Å². The molecule has 5 saturated heterocycles. The fraction of sp³-hybridized carbons (Fsp3) is 0.464. The smallest absolute Gasteiger partial charge is 0.167 e. The molecule has 38 nitrogen and oxygen atoms in total. The van der Waals surface area contributed by atoms with Gasteiger partial charge in [0.25, 0.3) is 0 Å². The predicted octanol–water partition coefficient (Wildman–Crippen LogP) is 14.0. The van der Waals surface area contributed by atoms with E-state index >= 15 is 0 Å². The van der Waals surface area contributed by atoms with E-state index in [0.29, 0.717) is 166 Å². The monoisotopic (exact) mass is 2030 g/mol. The van der Waals surface area contributed by atoms with E-state index < -0.39 is 48.6 Å². The normalized spacial score (nSPS) is 20.1. The first kappa shape index (κ1) is 102. The van der Waals surface area contributed by atoms with Gasteiger partial charge in [-0.15, -0.1) is 0 Å². The molecule has 4 N–H and O–H groups in total. The number of pyridine rings is 5. The molecular formula is C97H121ClN28O10S5. The third-order valence-corrected chi connectivity index (χ3v) is 30.8. The van der Waals surface area contributed by atoms with Crippen molar-refractivity contribution in [1.82, 2.24) is 74.8 Å². The van der Waals surface area contributed by atoms with E-state index in [9.17, 15) is 26.3 Å². The van der Waals surface area contributed by atoms with Gasteiger partial charge in [-0.05, 0) is 124 Å². The first-order valence-corrected chi connectivity index (χ1v) is 58.2. The van der Waals surface area contributed by atoms with Crippen molar-refractivity contribution >= 4 is 148 Å². The molecule has 0 unspecified atom stereocenters. The third kappa shape index (κ3) is 26.4. The van der Waals surface area contributed by atoms with Crippen molar-refractivity contribution in [3.05, 3.63) is 153 Å². The van der Waals surface area contributed by atoms with Crippen LogP contribution in [0, 0.1) is 32.1 Å². The Morgan fingerprint density at radius 3 is 0.943 bits per heavy atom. The van der Waals surface area contributed by atoms with Crippen LogP contribution in [0.2, 0.25) is 5.15 Å². The lowest BCUT2D eigenvalue weighted by Crippen LogP contribution is -2.44. The number of fused-ring (bicyclic) bond motifs is 3. The standard InChI is InChI=1S/C20H22N6O2S.C20H25N5O2S.C19H22ClN5O2S.2C19H26N6O2S/c1-13-12-28-8-7-26(13)19-10-18(25-29(2,3)27)23-20(24-19)16-9-14(11-21)22-17-6-4-5-15(16)17;1-13-10-16(15-6-5-7-17(15)21-13)20-22-18(24-28(3,4)26)11-19(23-20)25-8-9-27-12-14(25)2;1-12-11-27-8-7-25(12)18-10-17(24-28(2,3)26)22-19(23-18)14-9-16(20)21-15-6-4-5-13(14)15;2*1-12-8-14(9-16(20)21-12)19-22-17(24-28(3,26)15-4-5-15)10-18(23-19)25-6-7-27-11-13(25)2/h4-5,9-10,13H,6-8,12H2,1-3H3;5-6,10-11,14H,7-9,12H2,1-4H3;4-5,9-10,12H,6-8,11H2,1-3H3;2*8-10,13,15H,4-7,11H2,1-3H3,(H2,20,21)/t13-;14-;12-;13-,28+;13-,28-/m11111/s1. The number of rotatable bonds is 17. The molecule has 141 heavy (non-hydrogen) atoms. The van der Waals surface area contributed by atoms with Crippen LogP contribution < -0.4 is 36.0 Å². The van der Waals surface area contributed by atoms with Crippen molar-refractivity contribution in [3.63, 3.8) is 0 Å². The van der Waals surface area contributed by atoms with Gasteiger partial charge in [0.05, 0.1) is 133 Å². The molecule has 0 bridgehead atoms. The van der Waals surface area contributed by atoms with Crippen molar-refractivity contribution in [3.8, 4) is 63.0 Å². The number of aryl methyl sites for hydroxylation is 3. The van der Waals surface area contributed by atoms with Crippen molar-refractivity contribution in [2.24, 2.45) is 21.8 Å². The van der Waals surface area contributed by atoms with Gasteiger partial charge < -0.3 is 59.7 Å². The molecule has 2 saturated carbocycles. The van der Waals surface area contributed by atoms with Crippen molar-refractivity contribution in [2.45, 2.75) is 141 Å². The molecule has 15 heterocycles. The average molecular weight is 2040 g/mol. The van der Waals surface area contributed by atoms with Crippen LogP contribution in [0.15, 0.2) is 113 Å². The Kier molecular flexibility index (Phi) is 31.3. The molecular weight excluding hydrogens is 1910 g/mol. The van der Waals surface area contributed by atoms with Gasteiger partial charge in [0.1, 0.15) is 57.6 Å². The van der Waals surface area contributed by atoms with E-state index in [1.165, 1.54) is 0 Å². The minimum absolute atomic E-state index is 0.143. The molecule has 10 aromatic heterocycles. The number of anilines is 7. The van der Waals surface area contributed by atoms with Gasteiger partial charge in [0.15, 0.2) is 58.2 Å². The minimum atomic E-state index is -2.40. The Hall–Kier alpha value is -11.7. The lowest BCUT2D eigenvalue weighted by Gasteiger charge is -2.34. The first-order valence-electron chi connectivity index (χ1n) is 46.8. The van der Waals surface area contributed by atoms with Crippen molar-refractivity contribution in [2.75, 3.05) is 185 Å². The zero-order valence-corrected chi connectivity index (χ0v) is 87.1. The Morgan fingerprint density at radius 1 is 0.355 bits per heavy atom. The highest BCUT2D eigenvalue weighted by Crippen LogP contribution is 2.41. The second-order valence-electron chi connectivity index (χ2n) is 37.5. The Labute approximate surface area is 830 Å². The van der Waals surface area contributed by atoms with Gasteiger partial charge >= 0.3 is 0 Å². The van der Waals surface area contributed by atoms with Gasteiger partial charge in [-0.3, -0.25) is 4.98 Å². The summed E-state index contributed by atoms with van der Waals surface area (Å²) in [4.78, 5) is 79.8. The van der Waals surface area contributed by atoms with E-state index in [1.54, 1.807) is 86.4 Å². The molecule has 0 amide bonds. The maximum absolute atomic E-state index is 12.9. The van der Waals surface area contributed by atoms with E-state index in [-0.39, 0.29) is 40.7 Å². The quantitative estimate of drug-likeness (QED) is 0.0799. The molecule has 7 atom stereocenters. The summed E-state index contributed by atoms with van der Waals surface area (Å²) in [7, 11) is -11.7. The van der Waals surface area contributed by atoms with Gasteiger partial charge in [0.2, 0.25) is 0 Å². The van der Waals surface area contributed by atoms with Gasteiger partial charge in [-0.25, -0.2) is 90.8 Å². The summed E-state index contributed by atoms with van der Waals surface area (Å²) in [5.41, 5.74) is 24.4. The summed E-state index contributed by atoms with van der Waals surface area (Å²) in [6, 6.07) is 24.8. The van der Waals surface area contributed by atoms with Gasteiger partial charge in [0, 0.05) is 234 Å². The van der Waals surface area contributed by atoms with Gasteiger partial charge in [-0.2, -0.15) is 27.1 Å². The number of ether oxygens (including phenoxy) is 5. The Bertz CT molecular complexity index is 6920. The van der Waals surface area contributed by atoms with Crippen LogP contribution in [-0.4, -0.2) is 285 Å². The fourth-order valence-corrected chi connectivity index (χ4v) is 22.4. The topological polar surface area (TPSA) is 479 Å². The molecule has 20 rings (SSSR count).